The Labute approximate surface area is 222 Å². The third-order valence-electron chi connectivity index (χ3n) is 5.52. The van der Waals surface area contributed by atoms with Gasteiger partial charge in [0.05, 0.1) is 4.47 Å². The molecule has 182 valence electrons. The minimum atomic E-state index is -0.521. The highest BCUT2D eigenvalue weighted by Gasteiger charge is 2.16. The number of nitrogens with zero attached hydrogens (tertiary/aromatic N) is 1. The number of fused-ring (bicyclic) bond motifs is 1. The third kappa shape index (κ3) is 5.73. The number of carbonyl (C=O) groups excluding carboxylic acids is 1. The van der Waals surface area contributed by atoms with Gasteiger partial charge in [-0.15, -0.1) is 6.58 Å². The number of halogens is 2. The highest BCUT2D eigenvalue weighted by Crippen LogP contribution is 2.35. The molecule has 1 amide bonds. The Morgan fingerprint density at radius 1 is 1.25 bits per heavy atom. The van der Waals surface area contributed by atoms with Gasteiger partial charge in [0.2, 0.25) is 6.79 Å². The molecule has 0 unspecified atom stereocenters. The standard InChI is InChI=1S/C28H22BrClN2O4/c1-3-5-20-10-19(11-21(14-31)28(33)32-24-7-4-6-23(30)17(24)2)12-22(29)27(20)34-15-18-8-9-25-26(13-18)36-16-35-25/h3-4,6-13H,1,5,15-16H2,2H3,(H,32,33)/b21-11-. The first-order chi connectivity index (χ1) is 17.4. The Kier molecular flexibility index (Phi) is 7.99. The molecule has 0 aromatic heterocycles. The summed E-state index contributed by atoms with van der Waals surface area (Å²) in [5, 5.41) is 12.9. The first-order valence-corrected chi connectivity index (χ1v) is 12.2. The molecule has 6 nitrogen and oxygen atoms in total. The fourth-order valence-electron chi connectivity index (χ4n) is 3.66. The number of hydrogen-bond donors (Lipinski definition) is 1. The van der Waals surface area contributed by atoms with Gasteiger partial charge in [-0.3, -0.25) is 4.79 Å². The fraction of sp³-hybridized carbons (Fsp3) is 0.143. The first kappa shape index (κ1) is 25.4. The Bertz CT molecular complexity index is 1410. The number of allylic oxidation sites excluding steroid dienone is 1. The van der Waals surface area contributed by atoms with Gasteiger partial charge in [-0.25, -0.2) is 0 Å². The molecular formula is C28H22BrClN2O4. The summed E-state index contributed by atoms with van der Waals surface area (Å²) < 4.78 is 17.6. The van der Waals surface area contributed by atoms with E-state index in [1.165, 1.54) is 6.08 Å². The van der Waals surface area contributed by atoms with Crippen LogP contribution >= 0.6 is 27.5 Å². The van der Waals surface area contributed by atoms with Crippen LogP contribution in [-0.4, -0.2) is 12.7 Å². The van der Waals surface area contributed by atoms with Crippen molar-refractivity contribution < 1.29 is 19.0 Å². The van der Waals surface area contributed by atoms with Crippen LogP contribution in [0.15, 0.2) is 71.2 Å². The van der Waals surface area contributed by atoms with Gasteiger partial charge < -0.3 is 19.5 Å². The second kappa shape index (κ2) is 11.3. The van der Waals surface area contributed by atoms with Gasteiger partial charge >= 0.3 is 0 Å². The molecule has 8 heteroatoms. The van der Waals surface area contributed by atoms with E-state index < -0.39 is 5.91 Å². The molecule has 0 aliphatic carbocycles. The van der Waals surface area contributed by atoms with Crippen molar-refractivity contribution in [3.8, 4) is 23.3 Å². The van der Waals surface area contributed by atoms with E-state index in [9.17, 15) is 10.1 Å². The SMILES string of the molecule is C=CCc1cc(/C=C(/C#N)C(=O)Nc2cccc(Cl)c2C)cc(Br)c1OCc1ccc2c(c1)OCO2. The zero-order valence-electron chi connectivity index (χ0n) is 19.4. The van der Waals surface area contributed by atoms with E-state index in [0.29, 0.717) is 51.0 Å². The van der Waals surface area contributed by atoms with Crippen LogP contribution < -0.4 is 19.5 Å². The average Bonchev–Trinajstić information content (AvgIpc) is 3.33. The molecule has 3 aromatic carbocycles. The van der Waals surface area contributed by atoms with E-state index in [-0.39, 0.29) is 12.4 Å². The molecule has 1 aliphatic heterocycles. The van der Waals surface area contributed by atoms with Gasteiger partial charge in [-0.1, -0.05) is 29.8 Å². The molecule has 36 heavy (non-hydrogen) atoms. The number of anilines is 1. The van der Waals surface area contributed by atoms with Crippen molar-refractivity contribution in [2.45, 2.75) is 20.0 Å². The molecule has 1 aliphatic rings. The molecule has 1 N–H and O–H groups in total. The summed E-state index contributed by atoms with van der Waals surface area (Å²) in [6, 6.07) is 16.5. The van der Waals surface area contributed by atoms with Crippen molar-refractivity contribution in [1.82, 2.24) is 0 Å². The molecule has 0 atom stereocenters. The van der Waals surface area contributed by atoms with Gasteiger partial charge in [-0.2, -0.15) is 5.26 Å². The van der Waals surface area contributed by atoms with Crippen LogP contribution in [0, 0.1) is 18.3 Å². The van der Waals surface area contributed by atoms with Crippen molar-refractivity contribution >= 4 is 45.2 Å². The normalized spacial score (nSPS) is 12.1. The summed E-state index contributed by atoms with van der Waals surface area (Å²) in [6.45, 7) is 6.17. The summed E-state index contributed by atoms with van der Waals surface area (Å²) in [5.41, 5.74) is 3.69. The minimum absolute atomic E-state index is 0.0418. The van der Waals surface area contributed by atoms with Crippen LogP contribution in [0.1, 0.15) is 22.3 Å². The van der Waals surface area contributed by atoms with Gasteiger partial charge in [-0.05, 0) is 94.0 Å². The maximum absolute atomic E-state index is 12.8. The third-order valence-corrected chi connectivity index (χ3v) is 6.52. The van der Waals surface area contributed by atoms with E-state index in [2.05, 4.69) is 27.8 Å². The van der Waals surface area contributed by atoms with E-state index in [1.807, 2.05) is 30.3 Å². The number of nitriles is 1. The number of hydrogen-bond acceptors (Lipinski definition) is 5. The summed E-state index contributed by atoms with van der Waals surface area (Å²) in [5.74, 6) is 1.54. The van der Waals surface area contributed by atoms with E-state index in [4.69, 9.17) is 25.8 Å². The number of nitrogens with one attached hydrogen (secondary N) is 1. The number of ether oxygens (including phenoxy) is 3. The molecule has 4 rings (SSSR count). The maximum Gasteiger partial charge on any atom is 0.266 e. The highest BCUT2D eigenvalue weighted by molar-refractivity contribution is 9.10. The second-order valence-electron chi connectivity index (χ2n) is 8.00. The van der Waals surface area contributed by atoms with Crippen LogP contribution in [0.2, 0.25) is 5.02 Å². The second-order valence-corrected chi connectivity index (χ2v) is 9.26. The summed E-state index contributed by atoms with van der Waals surface area (Å²) >= 11 is 9.72. The van der Waals surface area contributed by atoms with Crippen molar-refractivity contribution in [2.24, 2.45) is 0 Å². The summed E-state index contributed by atoms with van der Waals surface area (Å²) in [6.07, 6.45) is 3.84. The van der Waals surface area contributed by atoms with Gasteiger partial charge in [0.1, 0.15) is 24.0 Å². The molecule has 3 aromatic rings. The number of carbonyl (C=O) groups is 1. The van der Waals surface area contributed by atoms with Crippen molar-refractivity contribution in [3.63, 3.8) is 0 Å². The smallest absolute Gasteiger partial charge is 0.266 e. The van der Waals surface area contributed by atoms with Crippen LogP contribution in [0.4, 0.5) is 5.69 Å². The number of amides is 1. The molecule has 0 fully saturated rings. The fourth-order valence-corrected chi connectivity index (χ4v) is 4.47. The van der Waals surface area contributed by atoms with Crippen LogP contribution in [0.5, 0.6) is 17.2 Å². The first-order valence-electron chi connectivity index (χ1n) is 11.0. The molecular weight excluding hydrogens is 544 g/mol. The predicted octanol–water partition coefficient (Wildman–Crippen LogP) is 6.99. The Morgan fingerprint density at radius 3 is 2.83 bits per heavy atom. The number of benzene rings is 3. The number of rotatable bonds is 8. The summed E-state index contributed by atoms with van der Waals surface area (Å²) in [7, 11) is 0. The van der Waals surface area contributed by atoms with Crippen molar-refractivity contribution in [3.05, 3.63) is 98.5 Å². The minimum Gasteiger partial charge on any atom is -0.487 e. The van der Waals surface area contributed by atoms with Gasteiger partial charge in [0.25, 0.3) is 5.91 Å². The lowest BCUT2D eigenvalue weighted by Crippen LogP contribution is -2.14. The largest absolute Gasteiger partial charge is 0.487 e. The zero-order chi connectivity index (χ0) is 25.7. The molecule has 0 bridgehead atoms. The quantitative estimate of drug-likeness (QED) is 0.181. The van der Waals surface area contributed by atoms with E-state index in [0.717, 1.165) is 16.7 Å². The lowest BCUT2D eigenvalue weighted by molar-refractivity contribution is -0.112. The van der Waals surface area contributed by atoms with Crippen LogP contribution in [0.3, 0.4) is 0 Å². The lowest BCUT2D eigenvalue weighted by Gasteiger charge is -2.14. The highest BCUT2D eigenvalue weighted by atomic mass is 79.9. The zero-order valence-corrected chi connectivity index (χ0v) is 21.8. The topological polar surface area (TPSA) is 80.6 Å². The van der Waals surface area contributed by atoms with E-state index >= 15 is 0 Å². The Morgan fingerprint density at radius 2 is 2.06 bits per heavy atom. The lowest BCUT2D eigenvalue weighted by atomic mass is 10.0. The molecule has 1 heterocycles. The van der Waals surface area contributed by atoms with Crippen LogP contribution in [-0.2, 0) is 17.8 Å². The summed E-state index contributed by atoms with van der Waals surface area (Å²) in [4.78, 5) is 12.8. The van der Waals surface area contributed by atoms with Crippen molar-refractivity contribution in [1.29, 1.82) is 5.26 Å². The maximum atomic E-state index is 12.8. The van der Waals surface area contributed by atoms with Crippen LogP contribution in [0.25, 0.3) is 6.08 Å². The average molecular weight is 566 g/mol. The van der Waals surface area contributed by atoms with Crippen molar-refractivity contribution in [2.75, 3.05) is 12.1 Å². The predicted molar refractivity (Wildman–Crippen MR) is 143 cm³/mol. The van der Waals surface area contributed by atoms with Gasteiger partial charge in [0.15, 0.2) is 11.5 Å². The van der Waals surface area contributed by atoms with E-state index in [1.54, 1.807) is 37.3 Å². The Hall–Kier alpha value is -3.73. The molecule has 0 saturated heterocycles. The molecule has 0 radical (unpaired) electrons. The monoisotopic (exact) mass is 564 g/mol. The van der Waals surface area contributed by atoms with Gasteiger partial charge in [0, 0.05) is 10.7 Å². The molecule has 0 spiro atoms. The Balaban J connectivity index is 1.56. The molecule has 0 saturated carbocycles.